The van der Waals surface area contributed by atoms with Crippen molar-refractivity contribution >= 4 is 11.8 Å². The van der Waals surface area contributed by atoms with E-state index in [1.807, 2.05) is 0 Å². The molecule has 0 aromatic heterocycles. The van der Waals surface area contributed by atoms with E-state index < -0.39 is 0 Å². The summed E-state index contributed by atoms with van der Waals surface area (Å²) in [6, 6.07) is 10.1. The van der Waals surface area contributed by atoms with E-state index in [1.54, 1.807) is 11.8 Å². The SMILES string of the molecule is CSc1ccc(C(C)NCC2CCCN2C)cc1. The Morgan fingerprint density at radius 1 is 1.39 bits per heavy atom. The van der Waals surface area contributed by atoms with Crippen molar-refractivity contribution in [1.29, 1.82) is 0 Å². The first-order valence-corrected chi connectivity index (χ1v) is 8.00. The van der Waals surface area contributed by atoms with Crippen LogP contribution in [-0.4, -0.2) is 37.3 Å². The lowest BCUT2D eigenvalue weighted by Gasteiger charge is -2.22. The molecule has 1 heterocycles. The number of likely N-dealkylation sites (N-methyl/N-ethyl adjacent to an activating group) is 1. The summed E-state index contributed by atoms with van der Waals surface area (Å²) in [5.41, 5.74) is 1.38. The van der Waals surface area contributed by atoms with Gasteiger partial charge in [0.1, 0.15) is 0 Å². The Morgan fingerprint density at radius 3 is 2.67 bits per heavy atom. The maximum absolute atomic E-state index is 3.66. The highest BCUT2D eigenvalue weighted by Gasteiger charge is 2.20. The minimum atomic E-state index is 0.440. The molecule has 2 nitrogen and oxygen atoms in total. The van der Waals surface area contributed by atoms with Crippen LogP contribution in [0.4, 0.5) is 0 Å². The quantitative estimate of drug-likeness (QED) is 0.823. The monoisotopic (exact) mass is 264 g/mol. The van der Waals surface area contributed by atoms with Gasteiger partial charge in [0.15, 0.2) is 0 Å². The highest BCUT2D eigenvalue weighted by atomic mass is 32.2. The fraction of sp³-hybridized carbons (Fsp3) is 0.600. The van der Waals surface area contributed by atoms with E-state index in [-0.39, 0.29) is 0 Å². The normalized spacial score (nSPS) is 22.3. The van der Waals surface area contributed by atoms with Crippen molar-refractivity contribution in [2.45, 2.75) is 36.7 Å². The Bertz CT molecular complexity index is 363. The zero-order valence-electron chi connectivity index (χ0n) is 11.6. The van der Waals surface area contributed by atoms with Gasteiger partial charge < -0.3 is 10.2 Å². The Balaban J connectivity index is 1.84. The molecular formula is C15H24N2S. The summed E-state index contributed by atoms with van der Waals surface area (Å²) in [5.74, 6) is 0. The van der Waals surface area contributed by atoms with Crippen LogP contribution in [0.5, 0.6) is 0 Å². The first-order chi connectivity index (χ1) is 8.70. The van der Waals surface area contributed by atoms with Gasteiger partial charge in [0.25, 0.3) is 0 Å². The average Bonchev–Trinajstić information content (AvgIpc) is 2.81. The van der Waals surface area contributed by atoms with Gasteiger partial charge in [-0.15, -0.1) is 11.8 Å². The highest BCUT2D eigenvalue weighted by Crippen LogP contribution is 2.20. The number of hydrogen-bond acceptors (Lipinski definition) is 3. The first-order valence-electron chi connectivity index (χ1n) is 6.78. The number of thioether (sulfide) groups is 1. The molecule has 1 aliphatic rings. The van der Waals surface area contributed by atoms with Gasteiger partial charge in [-0.3, -0.25) is 0 Å². The largest absolute Gasteiger partial charge is 0.309 e. The second-order valence-electron chi connectivity index (χ2n) is 5.18. The van der Waals surface area contributed by atoms with Crippen molar-refractivity contribution in [1.82, 2.24) is 10.2 Å². The zero-order valence-corrected chi connectivity index (χ0v) is 12.5. The molecule has 0 radical (unpaired) electrons. The minimum absolute atomic E-state index is 0.440. The van der Waals surface area contributed by atoms with E-state index in [0.717, 1.165) is 12.6 Å². The molecule has 1 N–H and O–H groups in total. The molecule has 1 saturated heterocycles. The Labute approximate surface area is 115 Å². The molecular weight excluding hydrogens is 240 g/mol. The van der Waals surface area contributed by atoms with Crippen molar-refractivity contribution in [2.75, 3.05) is 26.4 Å². The van der Waals surface area contributed by atoms with Crippen molar-refractivity contribution in [3.05, 3.63) is 29.8 Å². The molecule has 100 valence electrons. The fourth-order valence-electron chi connectivity index (χ4n) is 2.56. The summed E-state index contributed by atoms with van der Waals surface area (Å²) in [6.45, 7) is 4.61. The lowest BCUT2D eigenvalue weighted by molar-refractivity contribution is 0.293. The maximum Gasteiger partial charge on any atom is 0.0292 e. The van der Waals surface area contributed by atoms with Gasteiger partial charge in [-0.25, -0.2) is 0 Å². The van der Waals surface area contributed by atoms with E-state index >= 15 is 0 Å². The summed E-state index contributed by atoms with van der Waals surface area (Å²) < 4.78 is 0. The van der Waals surface area contributed by atoms with E-state index in [9.17, 15) is 0 Å². The summed E-state index contributed by atoms with van der Waals surface area (Å²) in [7, 11) is 2.23. The van der Waals surface area contributed by atoms with Gasteiger partial charge in [0.2, 0.25) is 0 Å². The van der Waals surface area contributed by atoms with E-state index in [4.69, 9.17) is 0 Å². The third kappa shape index (κ3) is 3.50. The van der Waals surface area contributed by atoms with Crippen molar-refractivity contribution in [2.24, 2.45) is 0 Å². The third-order valence-electron chi connectivity index (χ3n) is 3.95. The van der Waals surface area contributed by atoms with Crippen LogP contribution in [0.3, 0.4) is 0 Å². The molecule has 18 heavy (non-hydrogen) atoms. The Kier molecular flexibility index (Phi) is 5.10. The summed E-state index contributed by atoms with van der Waals surface area (Å²) in [6.07, 6.45) is 4.80. The number of nitrogens with one attached hydrogen (secondary N) is 1. The Morgan fingerprint density at radius 2 is 2.11 bits per heavy atom. The molecule has 1 aromatic carbocycles. The second kappa shape index (κ2) is 6.60. The summed E-state index contributed by atoms with van der Waals surface area (Å²) in [5, 5.41) is 3.66. The topological polar surface area (TPSA) is 15.3 Å². The number of hydrogen-bond donors (Lipinski definition) is 1. The standard InChI is InChI=1S/C15H24N2S/c1-12(13-6-8-15(18-3)9-7-13)16-11-14-5-4-10-17(14)2/h6-9,12,14,16H,4-5,10-11H2,1-3H3. The van der Waals surface area contributed by atoms with Gasteiger partial charge >= 0.3 is 0 Å². The Hall–Kier alpha value is -0.510. The average molecular weight is 264 g/mol. The second-order valence-corrected chi connectivity index (χ2v) is 6.06. The van der Waals surface area contributed by atoms with Crippen LogP contribution in [0.1, 0.15) is 31.4 Å². The first kappa shape index (κ1) is 13.9. The van der Waals surface area contributed by atoms with Gasteiger partial charge in [-0.1, -0.05) is 12.1 Å². The molecule has 1 aromatic rings. The molecule has 0 amide bonds. The minimum Gasteiger partial charge on any atom is -0.309 e. The molecule has 1 fully saturated rings. The van der Waals surface area contributed by atoms with Crippen LogP contribution in [-0.2, 0) is 0 Å². The lowest BCUT2D eigenvalue weighted by atomic mass is 10.1. The molecule has 1 aliphatic heterocycles. The van der Waals surface area contributed by atoms with Crippen molar-refractivity contribution in [3.63, 3.8) is 0 Å². The highest BCUT2D eigenvalue weighted by molar-refractivity contribution is 7.98. The zero-order chi connectivity index (χ0) is 13.0. The third-order valence-corrected chi connectivity index (χ3v) is 4.69. The van der Waals surface area contributed by atoms with Crippen LogP contribution >= 0.6 is 11.8 Å². The molecule has 3 heteroatoms. The predicted octanol–water partition coefficient (Wildman–Crippen LogP) is 3.15. The van der Waals surface area contributed by atoms with Gasteiger partial charge in [0, 0.05) is 23.5 Å². The number of benzene rings is 1. The number of likely N-dealkylation sites (tertiary alicyclic amines) is 1. The number of nitrogens with zero attached hydrogens (tertiary/aromatic N) is 1. The molecule has 0 saturated carbocycles. The lowest BCUT2D eigenvalue weighted by Crippen LogP contribution is -2.36. The van der Waals surface area contributed by atoms with Crippen LogP contribution in [0, 0.1) is 0 Å². The van der Waals surface area contributed by atoms with E-state index in [2.05, 4.69) is 54.7 Å². The molecule has 0 aliphatic carbocycles. The van der Waals surface area contributed by atoms with E-state index in [1.165, 1.54) is 29.8 Å². The van der Waals surface area contributed by atoms with Crippen LogP contribution < -0.4 is 5.32 Å². The molecule has 0 spiro atoms. The predicted molar refractivity (Wildman–Crippen MR) is 80.3 cm³/mol. The smallest absolute Gasteiger partial charge is 0.0292 e. The van der Waals surface area contributed by atoms with Crippen molar-refractivity contribution in [3.8, 4) is 0 Å². The van der Waals surface area contributed by atoms with Crippen LogP contribution in [0.15, 0.2) is 29.2 Å². The molecule has 2 rings (SSSR count). The van der Waals surface area contributed by atoms with Gasteiger partial charge in [-0.2, -0.15) is 0 Å². The summed E-state index contributed by atoms with van der Waals surface area (Å²) >= 11 is 1.80. The van der Waals surface area contributed by atoms with Crippen molar-refractivity contribution < 1.29 is 0 Å². The van der Waals surface area contributed by atoms with Crippen LogP contribution in [0.25, 0.3) is 0 Å². The molecule has 0 bridgehead atoms. The van der Waals surface area contributed by atoms with Gasteiger partial charge in [0.05, 0.1) is 0 Å². The molecule has 2 atom stereocenters. The van der Waals surface area contributed by atoms with E-state index in [0.29, 0.717) is 6.04 Å². The fourth-order valence-corrected chi connectivity index (χ4v) is 2.97. The summed E-state index contributed by atoms with van der Waals surface area (Å²) in [4.78, 5) is 3.80. The number of rotatable bonds is 5. The maximum atomic E-state index is 3.66. The van der Waals surface area contributed by atoms with Gasteiger partial charge in [-0.05, 0) is 57.3 Å². The molecule has 2 unspecified atom stereocenters. The van der Waals surface area contributed by atoms with Crippen LogP contribution in [0.2, 0.25) is 0 Å².